The fraction of sp³-hybridized carbons (Fsp3) is 0.208. The molecule has 2 aromatic carbocycles. The first kappa shape index (κ1) is 22.1. The van der Waals surface area contributed by atoms with Crippen LogP contribution in [0.2, 0.25) is 0 Å². The molecule has 0 aliphatic carbocycles. The van der Waals surface area contributed by atoms with Gasteiger partial charge in [0.2, 0.25) is 0 Å². The number of benzene rings is 2. The summed E-state index contributed by atoms with van der Waals surface area (Å²) < 4.78 is 28.5. The Labute approximate surface area is 191 Å². The van der Waals surface area contributed by atoms with Crippen LogP contribution in [0.15, 0.2) is 59.5 Å². The molecule has 0 bridgehead atoms. The second-order valence-electron chi connectivity index (χ2n) is 8.73. The molecule has 4 rings (SSSR count). The fourth-order valence-electron chi connectivity index (χ4n) is 3.59. The van der Waals surface area contributed by atoms with Crippen molar-refractivity contribution in [3.8, 4) is 10.4 Å². The van der Waals surface area contributed by atoms with Gasteiger partial charge in [-0.1, -0.05) is 32.9 Å². The van der Waals surface area contributed by atoms with Crippen molar-refractivity contribution in [1.29, 1.82) is 0 Å². The van der Waals surface area contributed by atoms with Gasteiger partial charge in [0.25, 0.3) is 10.0 Å². The third-order valence-corrected chi connectivity index (χ3v) is 7.70. The number of nitrogens with one attached hydrogen (secondary N) is 2. The number of aromatic amines is 1. The molecule has 166 valence electrons. The zero-order chi connectivity index (χ0) is 23.3. The summed E-state index contributed by atoms with van der Waals surface area (Å²) in [6, 6.07) is 15.6. The van der Waals surface area contributed by atoms with E-state index in [2.05, 4.69) is 30.5 Å². The molecular formula is C24H24N2O4S2. The standard InChI is InChI=1S/C24H24N2O4S2/c1-14-5-12-20(31-14)21-18-13-16(8-11-19(18)25-22(21)23(27)28)26-32(29,30)17-9-6-15(7-10-17)24(2,3)4/h5-13,25-26H,1-4H3,(H,27,28). The Morgan fingerprint density at radius 1 is 1.03 bits per heavy atom. The van der Waals surface area contributed by atoms with Crippen molar-refractivity contribution in [2.75, 3.05) is 4.72 Å². The Morgan fingerprint density at radius 2 is 1.72 bits per heavy atom. The first-order chi connectivity index (χ1) is 15.0. The van der Waals surface area contributed by atoms with Gasteiger partial charge in [0, 0.05) is 31.9 Å². The summed E-state index contributed by atoms with van der Waals surface area (Å²) >= 11 is 1.49. The van der Waals surface area contributed by atoms with Crippen molar-refractivity contribution in [3.63, 3.8) is 0 Å². The van der Waals surface area contributed by atoms with Crippen LogP contribution in [-0.2, 0) is 15.4 Å². The summed E-state index contributed by atoms with van der Waals surface area (Å²) in [6.07, 6.45) is 0. The molecule has 6 nitrogen and oxygen atoms in total. The van der Waals surface area contributed by atoms with Crippen molar-refractivity contribution in [2.45, 2.75) is 38.0 Å². The lowest BCUT2D eigenvalue weighted by atomic mass is 9.87. The summed E-state index contributed by atoms with van der Waals surface area (Å²) in [5.74, 6) is -1.07. The molecule has 0 aliphatic rings. The molecule has 3 N–H and O–H groups in total. The van der Waals surface area contributed by atoms with Crippen LogP contribution < -0.4 is 4.72 Å². The number of anilines is 1. The third kappa shape index (κ3) is 4.16. The van der Waals surface area contributed by atoms with E-state index in [0.29, 0.717) is 22.2 Å². The molecule has 0 spiro atoms. The second-order valence-corrected chi connectivity index (χ2v) is 11.7. The van der Waals surface area contributed by atoms with E-state index in [1.54, 1.807) is 30.3 Å². The Balaban J connectivity index is 1.75. The van der Waals surface area contributed by atoms with Crippen molar-refractivity contribution < 1.29 is 18.3 Å². The number of aromatic nitrogens is 1. The van der Waals surface area contributed by atoms with Crippen LogP contribution in [-0.4, -0.2) is 24.5 Å². The number of sulfonamides is 1. The lowest BCUT2D eigenvalue weighted by Crippen LogP contribution is -2.14. The maximum absolute atomic E-state index is 13.0. The Morgan fingerprint density at radius 3 is 2.28 bits per heavy atom. The minimum Gasteiger partial charge on any atom is -0.477 e. The summed E-state index contributed by atoms with van der Waals surface area (Å²) in [6.45, 7) is 8.16. The maximum Gasteiger partial charge on any atom is 0.353 e. The topological polar surface area (TPSA) is 99.3 Å². The third-order valence-electron chi connectivity index (χ3n) is 5.28. The molecule has 0 aliphatic heterocycles. The van der Waals surface area contributed by atoms with E-state index >= 15 is 0 Å². The van der Waals surface area contributed by atoms with Gasteiger partial charge in [-0.3, -0.25) is 4.72 Å². The van der Waals surface area contributed by atoms with E-state index in [1.807, 2.05) is 31.2 Å². The molecule has 0 atom stereocenters. The number of H-pyrrole nitrogens is 1. The summed E-state index contributed by atoms with van der Waals surface area (Å²) in [5.41, 5.74) is 2.60. The number of carboxylic acid groups (broad SMARTS) is 1. The Bertz CT molecular complexity index is 1420. The lowest BCUT2D eigenvalue weighted by Gasteiger charge is -2.19. The van der Waals surface area contributed by atoms with E-state index in [1.165, 1.54) is 11.3 Å². The SMILES string of the molecule is Cc1ccc(-c2c(C(=O)O)[nH]c3ccc(NS(=O)(=O)c4ccc(C(C)(C)C)cc4)cc23)s1. The number of carboxylic acids is 1. The predicted octanol–water partition coefficient (Wildman–Crippen LogP) is 6.00. The molecular weight excluding hydrogens is 444 g/mol. The average Bonchev–Trinajstić information content (AvgIpc) is 3.30. The van der Waals surface area contributed by atoms with Gasteiger partial charge in [0.15, 0.2) is 0 Å². The molecule has 0 saturated heterocycles. The van der Waals surface area contributed by atoms with Crippen molar-refractivity contribution >= 4 is 43.9 Å². The maximum atomic E-state index is 13.0. The van der Waals surface area contributed by atoms with Crippen LogP contribution in [0.1, 0.15) is 41.7 Å². The van der Waals surface area contributed by atoms with Gasteiger partial charge in [-0.05, 0) is 60.4 Å². The highest BCUT2D eigenvalue weighted by molar-refractivity contribution is 7.92. The van der Waals surface area contributed by atoms with Crippen LogP contribution in [0.25, 0.3) is 21.3 Å². The van der Waals surface area contributed by atoms with Crippen LogP contribution in [0.3, 0.4) is 0 Å². The van der Waals surface area contributed by atoms with Gasteiger partial charge in [0.05, 0.1) is 4.90 Å². The number of fused-ring (bicyclic) bond motifs is 1. The summed E-state index contributed by atoms with van der Waals surface area (Å²) in [4.78, 5) is 16.8. The molecule has 2 aromatic heterocycles. The molecule has 4 aromatic rings. The number of aryl methyl sites for hydroxylation is 1. The number of thiophene rings is 1. The number of aromatic carboxylic acids is 1. The minimum absolute atomic E-state index is 0.0760. The van der Waals surface area contributed by atoms with E-state index in [0.717, 1.165) is 15.3 Å². The average molecular weight is 469 g/mol. The van der Waals surface area contributed by atoms with E-state index in [9.17, 15) is 18.3 Å². The summed E-state index contributed by atoms with van der Waals surface area (Å²) in [5, 5.41) is 10.3. The molecule has 0 unspecified atom stereocenters. The fourth-order valence-corrected chi connectivity index (χ4v) is 5.57. The van der Waals surface area contributed by atoms with Gasteiger partial charge < -0.3 is 10.1 Å². The van der Waals surface area contributed by atoms with E-state index < -0.39 is 16.0 Å². The number of hydrogen-bond donors (Lipinski definition) is 3. The van der Waals surface area contributed by atoms with E-state index in [4.69, 9.17) is 0 Å². The largest absolute Gasteiger partial charge is 0.477 e. The van der Waals surface area contributed by atoms with Crippen molar-refractivity contribution in [1.82, 2.24) is 4.98 Å². The first-order valence-corrected chi connectivity index (χ1v) is 12.3. The first-order valence-electron chi connectivity index (χ1n) is 10.0. The zero-order valence-corrected chi connectivity index (χ0v) is 19.8. The van der Waals surface area contributed by atoms with Crippen LogP contribution in [0.5, 0.6) is 0 Å². The number of hydrogen-bond acceptors (Lipinski definition) is 4. The highest BCUT2D eigenvalue weighted by Crippen LogP contribution is 2.38. The van der Waals surface area contributed by atoms with Crippen molar-refractivity contribution in [3.05, 3.63) is 70.7 Å². The highest BCUT2D eigenvalue weighted by Gasteiger charge is 2.22. The predicted molar refractivity (Wildman–Crippen MR) is 129 cm³/mol. The molecule has 32 heavy (non-hydrogen) atoms. The van der Waals surface area contributed by atoms with Crippen LogP contribution in [0.4, 0.5) is 5.69 Å². The molecule has 8 heteroatoms. The summed E-state index contributed by atoms with van der Waals surface area (Å²) in [7, 11) is -3.80. The molecule has 0 saturated carbocycles. The lowest BCUT2D eigenvalue weighted by molar-refractivity contribution is 0.0692. The van der Waals surface area contributed by atoms with E-state index in [-0.39, 0.29) is 16.0 Å². The molecule has 0 radical (unpaired) electrons. The minimum atomic E-state index is -3.80. The second kappa shape index (κ2) is 7.79. The molecule has 0 fully saturated rings. The smallest absolute Gasteiger partial charge is 0.353 e. The number of carbonyl (C=O) groups is 1. The van der Waals surface area contributed by atoms with Crippen LogP contribution >= 0.6 is 11.3 Å². The van der Waals surface area contributed by atoms with Gasteiger partial charge in [0.1, 0.15) is 5.69 Å². The Kier molecular flexibility index (Phi) is 5.38. The van der Waals surface area contributed by atoms with Gasteiger partial charge in [-0.25, -0.2) is 13.2 Å². The molecule has 2 heterocycles. The Hall–Kier alpha value is -3.10. The van der Waals surface area contributed by atoms with Crippen molar-refractivity contribution in [2.24, 2.45) is 0 Å². The monoisotopic (exact) mass is 468 g/mol. The highest BCUT2D eigenvalue weighted by atomic mass is 32.2. The van der Waals surface area contributed by atoms with Gasteiger partial charge >= 0.3 is 5.97 Å². The van der Waals surface area contributed by atoms with Gasteiger partial charge in [-0.2, -0.15) is 0 Å². The quantitative estimate of drug-likeness (QED) is 0.334. The van der Waals surface area contributed by atoms with Gasteiger partial charge in [-0.15, -0.1) is 11.3 Å². The molecule has 0 amide bonds. The number of rotatable bonds is 5. The normalized spacial score (nSPS) is 12.2. The van der Waals surface area contributed by atoms with Crippen LogP contribution in [0, 0.1) is 6.92 Å². The zero-order valence-electron chi connectivity index (χ0n) is 18.2.